The predicted octanol–water partition coefficient (Wildman–Crippen LogP) is 1.97. The van der Waals surface area contributed by atoms with Gasteiger partial charge in [0.15, 0.2) is 25.8 Å². The number of nitrogens with zero attached hydrogens (tertiary/aromatic N) is 4. The number of rotatable bonds is 7. The van der Waals surface area contributed by atoms with Crippen molar-refractivity contribution >= 4 is 31.5 Å². The molecule has 15 heteroatoms. The highest BCUT2D eigenvalue weighted by Gasteiger charge is 2.41. The summed E-state index contributed by atoms with van der Waals surface area (Å²) in [5, 5.41) is 0. The van der Waals surface area contributed by atoms with Gasteiger partial charge in [-0.3, -0.25) is 4.79 Å². The molecule has 0 aliphatic carbocycles. The van der Waals surface area contributed by atoms with Crippen LogP contribution in [0.2, 0.25) is 0 Å². The summed E-state index contributed by atoms with van der Waals surface area (Å²) in [7, 11) is -7.20. The Morgan fingerprint density at radius 3 is 2.03 bits per heavy atom. The largest absolute Gasteiger partial charge is 0.480 e. The van der Waals surface area contributed by atoms with Gasteiger partial charge in [0, 0.05) is 38.7 Å². The van der Waals surface area contributed by atoms with E-state index in [9.17, 15) is 34.8 Å². The van der Waals surface area contributed by atoms with Gasteiger partial charge in [-0.15, -0.1) is 0 Å². The van der Waals surface area contributed by atoms with E-state index < -0.39 is 44.3 Å². The summed E-state index contributed by atoms with van der Waals surface area (Å²) in [6.45, 7) is 2.07. The second-order valence-corrected chi connectivity index (χ2v) is 12.3. The first kappa shape index (κ1) is 27.6. The van der Waals surface area contributed by atoms with Gasteiger partial charge in [0.05, 0.1) is 22.9 Å². The molecule has 1 aromatic carbocycles. The van der Waals surface area contributed by atoms with Gasteiger partial charge in [-0.2, -0.15) is 13.2 Å². The number of piperazine rings is 1. The highest BCUT2D eigenvalue weighted by Crippen LogP contribution is 2.31. The van der Waals surface area contributed by atoms with Crippen LogP contribution in [0, 0.1) is 0 Å². The molecule has 36 heavy (non-hydrogen) atoms. The summed E-state index contributed by atoms with van der Waals surface area (Å²) in [4.78, 5) is 24.2. The lowest BCUT2D eigenvalue weighted by atomic mass is 10.1. The number of carbonyl (C=O) groups is 1. The van der Waals surface area contributed by atoms with Crippen molar-refractivity contribution in [1.82, 2.24) is 14.9 Å². The Kier molecular flexibility index (Phi) is 7.83. The third-order valence-electron chi connectivity index (χ3n) is 5.51. The molecular weight excluding hydrogens is 525 g/mol. The number of ether oxygens (including phenoxy) is 1. The number of amides is 1. The van der Waals surface area contributed by atoms with Gasteiger partial charge in [0.2, 0.25) is 5.95 Å². The van der Waals surface area contributed by atoms with Crippen LogP contribution >= 0.6 is 0 Å². The molecule has 1 fully saturated rings. The zero-order valence-electron chi connectivity index (χ0n) is 19.7. The number of benzene rings is 1. The molecule has 3 rings (SSSR count). The van der Waals surface area contributed by atoms with Gasteiger partial charge in [-0.25, -0.2) is 26.8 Å². The van der Waals surface area contributed by atoms with Crippen LogP contribution in [-0.4, -0.2) is 88.6 Å². The number of carbonyl (C=O) groups excluding carboxylic acids is 1. The van der Waals surface area contributed by atoms with Crippen LogP contribution < -0.4 is 9.64 Å². The molecule has 1 unspecified atom stereocenters. The number of anilines is 1. The summed E-state index contributed by atoms with van der Waals surface area (Å²) < 4.78 is 92.2. The molecule has 1 saturated heterocycles. The second kappa shape index (κ2) is 10.2. The van der Waals surface area contributed by atoms with Crippen LogP contribution in [-0.2, 0) is 19.7 Å². The summed E-state index contributed by atoms with van der Waals surface area (Å²) in [6.07, 6.45) is -2.93. The standard InChI is InChI=1S/C21H25F3N4O6S2/c1-4-18(21(22,23)24)34-17-6-5-14(35(2,30)31)11-16(17)19(29)27-7-9-28(10-8-27)20-25-12-15(13-26-20)36(3,32)33/h5-6,11-13,18H,4,7-10H2,1-3H3. The molecular formula is C21H25F3N4O6S2. The Morgan fingerprint density at radius 2 is 1.56 bits per heavy atom. The van der Waals surface area contributed by atoms with Crippen molar-refractivity contribution in [3.8, 4) is 5.75 Å². The SMILES string of the molecule is CCC(Oc1ccc(S(C)(=O)=O)cc1C(=O)N1CCN(c2ncc(S(C)(=O)=O)cn2)CC1)C(F)(F)F. The molecule has 0 N–H and O–H groups in total. The third-order valence-corrected chi connectivity index (χ3v) is 7.68. The van der Waals surface area contributed by atoms with E-state index in [4.69, 9.17) is 4.74 Å². The molecule has 0 radical (unpaired) electrons. The number of hydrogen-bond donors (Lipinski definition) is 0. The molecule has 1 aliphatic heterocycles. The average molecular weight is 551 g/mol. The first-order valence-corrected chi connectivity index (χ1v) is 14.5. The quantitative estimate of drug-likeness (QED) is 0.508. The summed E-state index contributed by atoms with van der Waals surface area (Å²) in [6, 6.07) is 3.18. The van der Waals surface area contributed by atoms with Crippen LogP contribution in [0.5, 0.6) is 5.75 Å². The van der Waals surface area contributed by atoms with Crippen LogP contribution in [0.3, 0.4) is 0 Å². The van der Waals surface area contributed by atoms with Crippen LogP contribution in [0.15, 0.2) is 40.4 Å². The van der Waals surface area contributed by atoms with Crippen LogP contribution in [0.25, 0.3) is 0 Å². The molecule has 198 valence electrons. The fraction of sp³-hybridized carbons (Fsp3) is 0.476. The zero-order valence-corrected chi connectivity index (χ0v) is 21.3. The average Bonchev–Trinajstić information content (AvgIpc) is 2.80. The third kappa shape index (κ3) is 6.43. The van der Waals surface area contributed by atoms with Crippen LogP contribution in [0.4, 0.5) is 19.1 Å². The normalized spacial score (nSPS) is 16.1. The van der Waals surface area contributed by atoms with E-state index in [1.807, 2.05) is 0 Å². The Labute approximate surface area is 206 Å². The van der Waals surface area contributed by atoms with Crippen molar-refractivity contribution in [2.24, 2.45) is 0 Å². The lowest BCUT2D eigenvalue weighted by Crippen LogP contribution is -2.49. The minimum atomic E-state index is -4.68. The number of sulfone groups is 2. The Morgan fingerprint density at radius 1 is 1.00 bits per heavy atom. The number of alkyl halides is 3. The highest BCUT2D eigenvalue weighted by atomic mass is 32.2. The fourth-order valence-corrected chi connectivity index (χ4v) is 4.62. The van der Waals surface area contributed by atoms with Gasteiger partial charge in [-0.1, -0.05) is 6.92 Å². The van der Waals surface area contributed by atoms with E-state index in [0.717, 1.165) is 30.7 Å². The van der Waals surface area contributed by atoms with Crippen molar-refractivity contribution in [1.29, 1.82) is 0 Å². The lowest BCUT2D eigenvalue weighted by Gasteiger charge is -2.35. The summed E-state index contributed by atoms with van der Waals surface area (Å²) in [5.74, 6) is -0.784. The molecule has 2 aromatic rings. The summed E-state index contributed by atoms with van der Waals surface area (Å²) in [5.41, 5.74) is -0.289. The first-order chi connectivity index (χ1) is 16.6. The maximum atomic E-state index is 13.3. The van der Waals surface area contributed by atoms with E-state index in [-0.39, 0.29) is 53.2 Å². The monoisotopic (exact) mass is 550 g/mol. The highest BCUT2D eigenvalue weighted by molar-refractivity contribution is 7.91. The van der Waals surface area contributed by atoms with Gasteiger partial charge >= 0.3 is 6.18 Å². The van der Waals surface area contributed by atoms with E-state index in [2.05, 4.69) is 9.97 Å². The number of hydrogen-bond acceptors (Lipinski definition) is 9. The predicted molar refractivity (Wildman–Crippen MR) is 124 cm³/mol. The number of aromatic nitrogens is 2. The van der Waals surface area contributed by atoms with Crippen molar-refractivity contribution in [2.45, 2.75) is 35.4 Å². The van der Waals surface area contributed by atoms with Crippen molar-refractivity contribution in [2.75, 3.05) is 43.6 Å². The molecule has 1 aromatic heterocycles. The second-order valence-electron chi connectivity index (χ2n) is 8.26. The van der Waals surface area contributed by atoms with Crippen molar-refractivity contribution in [3.05, 3.63) is 36.2 Å². The lowest BCUT2D eigenvalue weighted by molar-refractivity contribution is -0.195. The molecule has 1 amide bonds. The van der Waals surface area contributed by atoms with Gasteiger partial charge < -0.3 is 14.5 Å². The smallest absolute Gasteiger partial charge is 0.425 e. The van der Waals surface area contributed by atoms with E-state index in [1.54, 1.807) is 4.90 Å². The van der Waals surface area contributed by atoms with E-state index >= 15 is 0 Å². The Hall–Kier alpha value is -2.94. The van der Waals surface area contributed by atoms with Gasteiger partial charge in [-0.05, 0) is 24.6 Å². The maximum Gasteiger partial charge on any atom is 0.425 e. The minimum Gasteiger partial charge on any atom is -0.480 e. The van der Waals surface area contributed by atoms with Crippen molar-refractivity contribution < 1.29 is 39.5 Å². The van der Waals surface area contributed by atoms with Crippen LogP contribution in [0.1, 0.15) is 23.7 Å². The molecule has 1 atom stereocenters. The first-order valence-electron chi connectivity index (χ1n) is 10.7. The van der Waals surface area contributed by atoms with Crippen molar-refractivity contribution in [3.63, 3.8) is 0 Å². The molecule has 10 nitrogen and oxygen atoms in total. The number of halogens is 3. The Bertz CT molecular complexity index is 1320. The van der Waals surface area contributed by atoms with Gasteiger partial charge in [0.25, 0.3) is 5.91 Å². The van der Waals surface area contributed by atoms with E-state index in [1.165, 1.54) is 24.2 Å². The van der Waals surface area contributed by atoms with Gasteiger partial charge in [0.1, 0.15) is 10.6 Å². The maximum absolute atomic E-state index is 13.3. The van der Waals surface area contributed by atoms with E-state index in [0.29, 0.717) is 0 Å². The minimum absolute atomic E-state index is 0.0393. The molecule has 1 aliphatic rings. The molecule has 0 spiro atoms. The summed E-state index contributed by atoms with van der Waals surface area (Å²) >= 11 is 0. The topological polar surface area (TPSA) is 127 Å². The fourth-order valence-electron chi connectivity index (χ4n) is 3.49. The molecule has 2 heterocycles. The molecule has 0 bridgehead atoms. The Balaban J connectivity index is 1.82. The zero-order chi connectivity index (χ0) is 26.9. The molecule has 0 saturated carbocycles.